The normalized spacial score (nSPS) is 10.9. The number of amides is 2. The van der Waals surface area contributed by atoms with Gasteiger partial charge in [-0.05, 0) is 36.4 Å². The van der Waals surface area contributed by atoms with Gasteiger partial charge >= 0.3 is 6.18 Å². The molecule has 0 unspecified atom stereocenters. The molecule has 9 heteroatoms. The van der Waals surface area contributed by atoms with E-state index in [1.165, 1.54) is 26.0 Å². The number of hydrogen-bond donors (Lipinski definition) is 1. The Morgan fingerprint density at radius 2 is 1.61 bits per heavy atom. The lowest BCUT2D eigenvalue weighted by Gasteiger charge is -2.22. The molecule has 0 atom stereocenters. The number of benzene rings is 2. The Morgan fingerprint density at radius 1 is 1.00 bits per heavy atom. The van der Waals surface area contributed by atoms with E-state index in [-0.39, 0.29) is 12.2 Å². The van der Waals surface area contributed by atoms with E-state index in [0.29, 0.717) is 17.2 Å². The summed E-state index contributed by atoms with van der Waals surface area (Å²) in [6.45, 7) is 0.966. The van der Waals surface area contributed by atoms with E-state index in [2.05, 4.69) is 5.32 Å². The fraction of sp³-hybridized carbons (Fsp3) is 0.263. The molecule has 0 aliphatic carbocycles. The Balaban J connectivity index is 2.14. The molecule has 0 aliphatic heterocycles. The van der Waals surface area contributed by atoms with Gasteiger partial charge in [-0.2, -0.15) is 13.2 Å². The molecule has 2 aromatic carbocycles. The topological polar surface area (TPSA) is 67.9 Å². The Morgan fingerprint density at radius 3 is 2.11 bits per heavy atom. The first-order valence-electron chi connectivity index (χ1n) is 8.13. The van der Waals surface area contributed by atoms with E-state index < -0.39 is 23.6 Å². The second-order valence-corrected chi connectivity index (χ2v) is 5.77. The van der Waals surface area contributed by atoms with Crippen LogP contribution in [0.25, 0.3) is 0 Å². The van der Waals surface area contributed by atoms with Crippen LogP contribution < -0.4 is 19.7 Å². The number of carbonyl (C=O) groups is 2. The first kappa shape index (κ1) is 21.1. The van der Waals surface area contributed by atoms with Crippen LogP contribution >= 0.6 is 0 Å². The monoisotopic (exact) mass is 396 g/mol. The Labute approximate surface area is 159 Å². The van der Waals surface area contributed by atoms with E-state index >= 15 is 0 Å². The van der Waals surface area contributed by atoms with Crippen LogP contribution in [0.4, 0.5) is 24.5 Å². The summed E-state index contributed by atoms with van der Waals surface area (Å²) < 4.78 is 48.1. The molecule has 0 radical (unpaired) electrons. The largest absolute Gasteiger partial charge is 0.493 e. The van der Waals surface area contributed by atoms with E-state index in [1.54, 1.807) is 18.2 Å². The van der Waals surface area contributed by atoms with Gasteiger partial charge in [-0.25, -0.2) is 0 Å². The highest BCUT2D eigenvalue weighted by molar-refractivity contribution is 6.02. The van der Waals surface area contributed by atoms with Crippen molar-refractivity contribution in [1.82, 2.24) is 0 Å². The van der Waals surface area contributed by atoms with Gasteiger partial charge in [0.2, 0.25) is 11.8 Å². The van der Waals surface area contributed by atoms with Crippen LogP contribution in [0, 0.1) is 0 Å². The van der Waals surface area contributed by atoms with Gasteiger partial charge in [-0.15, -0.1) is 0 Å². The molecule has 2 rings (SSSR count). The summed E-state index contributed by atoms with van der Waals surface area (Å²) in [4.78, 5) is 25.5. The molecule has 0 saturated carbocycles. The highest BCUT2D eigenvalue weighted by Gasteiger charge is 2.30. The maximum absolute atomic E-state index is 12.6. The Hall–Kier alpha value is -3.23. The van der Waals surface area contributed by atoms with Crippen LogP contribution in [-0.4, -0.2) is 32.6 Å². The maximum Gasteiger partial charge on any atom is 0.416 e. The second kappa shape index (κ2) is 8.64. The SMILES string of the molecule is COc1ccc(N(CC(=O)Nc2ccc(C(F)(F)F)cc2)C(C)=O)cc1OC. The molecule has 0 bridgehead atoms. The number of anilines is 2. The fourth-order valence-electron chi connectivity index (χ4n) is 2.46. The average Bonchev–Trinajstić information content (AvgIpc) is 2.65. The Kier molecular flexibility index (Phi) is 6.50. The predicted molar refractivity (Wildman–Crippen MR) is 97.6 cm³/mol. The molecule has 0 fully saturated rings. The summed E-state index contributed by atoms with van der Waals surface area (Å²) in [6.07, 6.45) is -4.46. The van der Waals surface area contributed by atoms with Crippen molar-refractivity contribution in [3.8, 4) is 11.5 Å². The van der Waals surface area contributed by atoms with E-state index in [0.717, 1.165) is 24.3 Å². The summed E-state index contributed by atoms with van der Waals surface area (Å²) in [5.74, 6) is -0.113. The third-order valence-electron chi connectivity index (χ3n) is 3.86. The van der Waals surface area contributed by atoms with E-state index in [9.17, 15) is 22.8 Å². The fourth-order valence-corrected chi connectivity index (χ4v) is 2.46. The lowest BCUT2D eigenvalue weighted by Crippen LogP contribution is -2.36. The number of alkyl halides is 3. The van der Waals surface area contributed by atoms with Crippen LogP contribution in [0.15, 0.2) is 42.5 Å². The van der Waals surface area contributed by atoms with Gasteiger partial charge in [-0.3, -0.25) is 9.59 Å². The van der Waals surface area contributed by atoms with Gasteiger partial charge in [-0.1, -0.05) is 0 Å². The summed E-state index contributed by atoms with van der Waals surface area (Å²) in [5.41, 5.74) is -0.220. The van der Waals surface area contributed by atoms with Crippen LogP contribution in [0.5, 0.6) is 11.5 Å². The van der Waals surface area contributed by atoms with E-state index in [4.69, 9.17) is 9.47 Å². The summed E-state index contributed by atoms with van der Waals surface area (Å²) in [7, 11) is 2.91. The van der Waals surface area contributed by atoms with Crippen molar-refractivity contribution in [3.63, 3.8) is 0 Å². The third kappa shape index (κ3) is 5.15. The average molecular weight is 396 g/mol. The number of halogens is 3. The third-order valence-corrected chi connectivity index (χ3v) is 3.86. The van der Waals surface area contributed by atoms with Gasteiger partial charge in [0.05, 0.1) is 19.8 Å². The molecule has 0 aromatic heterocycles. The van der Waals surface area contributed by atoms with Crippen molar-refractivity contribution in [1.29, 1.82) is 0 Å². The molecule has 0 aliphatic rings. The number of rotatable bonds is 6. The van der Waals surface area contributed by atoms with Crippen molar-refractivity contribution in [3.05, 3.63) is 48.0 Å². The zero-order valence-corrected chi connectivity index (χ0v) is 15.5. The molecule has 6 nitrogen and oxygen atoms in total. The molecule has 1 N–H and O–H groups in total. The van der Waals surface area contributed by atoms with Crippen molar-refractivity contribution >= 4 is 23.2 Å². The molecule has 0 heterocycles. The minimum atomic E-state index is -4.46. The predicted octanol–water partition coefficient (Wildman–Crippen LogP) is 3.71. The zero-order valence-electron chi connectivity index (χ0n) is 15.5. The quantitative estimate of drug-likeness (QED) is 0.808. The van der Waals surface area contributed by atoms with Crippen LogP contribution in [0.2, 0.25) is 0 Å². The van der Waals surface area contributed by atoms with Gasteiger partial charge in [0.25, 0.3) is 0 Å². The first-order valence-corrected chi connectivity index (χ1v) is 8.13. The van der Waals surface area contributed by atoms with Crippen molar-refractivity contribution in [2.24, 2.45) is 0 Å². The minimum Gasteiger partial charge on any atom is -0.493 e. The molecule has 150 valence electrons. The van der Waals surface area contributed by atoms with Gasteiger partial charge in [0.1, 0.15) is 6.54 Å². The van der Waals surface area contributed by atoms with Crippen molar-refractivity contribution in [2.45, 2.75) is 13.1 Å². The molecule has 28 heavy (non-hydrogen) atoms. The lowest BCUT2D eigenvalue weighted by atomic mass is 10.2. The standard InChI is InChI=1S/C19H19F3N2O4/c1-12(25)24(15-8-9-16(27-2)17(10-15)28-3)11-18(26)23-14-6-4-13(5-7-14)19(20,21)22/h4-10H,11H2,1-3H3,(H,23,26). The summed E-state index contributed by atoms with van der Waals surface area (Å²) in [5, 5.41) is 2.47. The molecular formula is C19H19F3N2O4. The van der Waals surface area contributed by atoms with Gasteiger partial charge in [0.15, 0.2) is 11.5 Å². The smallest absolute Gasteiger partial charge is 0.416 e. The van der Waals surface area contributed by atoms with Crippen LogP contribution in [-0.2, 0) is 15.8 Å². The second-order valence-electron chi connectivity index (χ2n) is 5.77. The molecular weight excluding hydrogens is 377 g/mol. The zero-order chi connectivity index (χ0) is 20.9. The summed E-state index contributed by atoms with van der Waals surface area (Å²) in [6, 6.07) is 8.77. The number of carbonyl (C=O) groups excluding carboxylic acids is 2. The lowest BCUT2D eigenvalue weighted by molar-refractivity contribution is -0.137. The van der Waals surface area contributed by atoms with Crippen LogP contribution in [0.1, 0.15) is 12.5 Å². The molecule has 2 aromatic rings. The van der Waals surface area contributed by atoms with Crippen LogP contribution in [0.3, 0.4) is 0 Å². The number of methoxy groups -OCH3 is 2. The summed E-state index contributed by atoms with van der Waals surface area (Å²) >= 11 is 0. The van der Waals surface area contributed by atoms with E-state index in [1.807, 2.05) is 0 Å². The first-order chi connectivity index (χ1) is 13.2. The highest BCUT2D eigenvalue weighted by atomic mass is 19.4. The van der Waals surface area contributed by atoms with Gasteiger partial charge < -0.3 is 19.7 Å². The number of nitrogens with zero attached hydrogens (tertiary/aromatic N) is 1. The minimum absolute atomic E-state index is 0.189. The number of nitrogens with one attached hydrogen (secondary N) is 1. The molecule has 2 amide bonds. The maximum atomic E-state index is 12.6. The molecule has 0 spiro atoms. The van der Waals surface area contributed by atoms with Crippen molar-refractivity contribution < 1.29 is 32.2 Å². The Bertz CT molecular complexity index is 851. The van der Waals surface area contributed by atoms with Crippen molar-refractivity contribution in [2.75, 3.05) is 31.0 Å². The van der Waals surface area contributed by atoms with Gasteiger partial charge in [0, 0.05) is 24.4 Å². The highest BCUT2D eigenvalue weighted by Crippen LogP contribution is 2.32. The number of ether oxygens (including phenoxy) is 2. The number of hydrogen-bond acceptors (Lipinski definition) is 4. The molecule has 0 saturated heterocycles.